The monoisotopic (exact) mass is 258 g/mol. The van der Waals surface area contributed by atoms with Crippen LogP contribution in [0.25, 0.3) is 0 Å². The number of benzene rings is 1. The van der Waals surface area contributed by atoms with E-state index in [9.17, 15) is 0 Å². The second-order valence-corrected chi connectivity index (χ2v) is 4.40. The average Bonchev–Trinajstić information content (AvgIpc) is 2.83. The van der Waals surface area contributed by atoms with Crippen LogP contribution in [0.15, 0.2) is 40.0 Å². The summed E-state index contributed by atoms with van der Waals surface area (Å²) >= 11 is 0. The zero-order valence-corrected chi connectivity index (χ0v) is 11.5. The molecule has 0 saturated heterocycles. The Bertz CT molecular complexity index is 556. The van der Waals surface area contributed by atoms with Crippen LogP contribution in [-0.2, 0) is 4.74 Å². The van der Waals surface area contributed by atoms with Crippen molar-refractivity contribution in [3.05, 3.63) is 47.3 Å². The van der Waals surface area contributed by atoms with Gasteiger partial charge in [-0.25, -0.2) is 4.99 Å². The molecule has 0 unspecified atom stereocenters. The van der Waals surface area contributed by atoms with Gasteiger partial charge in [0.15, 0.2) is 0 Å². The van der Waals surface area contributed by atoms with Gasteiger partial charge in [-0.1, -0.05) is 29.8 Å². The molecule has 4 heteroatoms. The molecule has 19 heavy (non-hydrogen) atoms. The first kappa shape index (κ1) is 13.3. The Labute approximate surface area is 113 Å². The third-order valence-electron chi connectivity index (χ3n) is 2.69. The molecule has 0 aliphatic heterocycles. The summed E-state index contributed by atoms with van der Waals surface area (Å²) < 4.78 is 10.8. The van der Waals surface area contributed by atoms with Gasteiger partial charge in [-0.15, -0.1) is 0 Å². The van der Waals surface area contributed by atoms with Gasteiger partial charge < -0.3 is 9.26 Å². The number of aromatic nitrogens is 1. The van der Waals surface area contributed by atoms with Crippen LogP contribution in [0.5, 0.6) is 0 Å². The Balaban J connectivity index is 2.32. The van der Waals surface area contributed by atoms with Crippen molar-refractivity contribution in [2.75, 3.05) is 6.61 Å². The topological polar surface area (TPSA) is 47.6 Å². The molecule has 0 aliphatic rings. The predicted octanol–water partition coefficient (Wildman–Crippen LogP) is 3.80. The zero-order chi connectivity index (χ0) is 13.7. The number of aryl methyl sites for hydroxylation is 2. The third-order valence-corrected chi connectivity index (χ3v) is 2.69. The molecule has 2 rings (SSSR count). The molecule has 100 valence electrons. The highest BCUT2D eigenvalue weighted by atomic mass is 16.5. The van der Waals surface area contributed by atoms with Crippen molar-refractivity contribution in [2.24, 2.45) is 4.99 Å². The van der Waals surface area contributed by atoms with E-state index in [1.807, 2.05) is 38.1 Å². The largest absolute Gasteiger partial charge is 0.477 e. The van der Waals surface area contributed by atoms with Gasteiger partial charge in [0.25, 0.3) is 0 Å². The molecule has 2 aromatic rings. The third kappa shape index (κ3) is 3.44. The Hall–Kier alpha value is -2.10. The molecule has 0 fully saturated rings. The van der Waals surface area contributed by atoms with Crippen LogP contribution < -0.4 is 0 Å². The number of aliphatic imine (C=N–C) groups is 1. The minimum Gasteiger partial charge on any atom is -0.477 e. The Morgan fingerprint density at radius 3 is 2.58 bits per heavy atom. The molecule has 0 aliphatic carbocycles. The SMILES string of the molecule is CCCOC(=Nc1ccc(C)cc1)c1cnoc1C. The van der Waals surface area contributed by atoms with E-state index in [2.05, 4.69) is 17.1 Å². The molecule has 1 aromatic heterocycles. The fraction of sp³-hybridized carbons (Fsp3) is 0.333. The van der Waals surface area contributed by atoms with Crippen LogP contribution >= 0.6 is 0 Å². The van der Waals surface area contributed by atoms with E-state index in [-0.39, 0.29) is 0 Å². The lowest BCUT2D eigenvalue weighted by Gasteiger charge is -2.07. The number of nitrogens with zero attached hydrogens (tertiary/aromatic N) is 2. The second kappa shape index (κ2) is 6.18. The van der Waals surface area contributed by atoms with Crippen molar-refractivity contribution in [1.82, 2.24) is 5.16 Å². The van der Waals surface area contributed by atoms with Gasteiger partial charge in [0.05, 0.1) is 24.1 Å². The van der Waals surface area contributed by atoms with Crippen LogP contribution in [0.1, 0.15) is 30.2 Å². The maximum absolute atomic E-state index is 5.70. The lowest BCUT2D eigenvalue weighted by atomic mass is 10.2. The molecule has 0 radical (unpaired) electrons. The molecule has 0 saturated carbocycles. The molecule has 1 heterocycles. The summed E-state index contributed by atoms with van der Waals surface area (Å²) in [5, 5.41) is 3.77. The van der Waals surface area contributed by atoms with E-state index in [0.717, 1.165) is 17.7 Å². The highest BCUT2D eigenvalue weighted by molar-refractivity contribution is 5.96. The van der Waals surface area contributed by atoms with Crippen LogP contribution in [0, 0.1) is 13.8 Å². The average molecular weight is 258 g/mol. The van der Waals surface area contributed by atoms with Gasteiger partial charge in [0.2, 0.25) is 5.90 Å². The molecule has 1 aromatic carbocycles. The Morgan fingerprint density at radius 2 is 2.00 bits per heavy atom. The van der Waals surface area contributed by atoms with Crippen molar-refractivity contribution in [3.8, 4) is 0 Å². The lowest BCUT2D eigenvalue weighted by molar-refractivity contribution is 0.305. The van der Waals surface area contributed by atoms with E-state index in [0.29, 0.717) is 18.3 Å². The van der Waals surface area contributed by atoms with Gasteiger partial charge in [-0.3, -0.25) is 0 Å². The van der Waals surface area contributed by atoms with Gasteiger partial charge in [0, 0.05) is 0 Å². The fourth-order valence-corrected chi connectivity index (χ4v) is 1.61. The number of hydrogen-bond acceptors (Lipinski definition) is 4. The molecule has 0 N–H and O–H groups in total. The van der Waals surface area contributed by atoms with Gasteiger partial charge in [-0.05, 0) is 32.4 Å². The normalized spacial score (nSPS) is 11.6. The van der Waals surface area contributed by atoms with Gasteiger partial charge in [-0.2, -0.15) is 0 Å². The van der Waals surface area contributed by atoms with E-state index >= 15 is 0 Å². The van der Waals surface area contributed by atoms with Crippen molar-refractivity contribution in [2.45, 2.75) is 27.2 Å². The summed E-state index contributed by atoms with van der Waals surface area (Å²) in [7, 11) is 0. The first-order chi connectivity index (χ1) is 9.20. The van der Waals surface area contributed by atoms with Gasteiger partial charge >= 0.3 is 0 Å². The number of hydrogen-bond donors (Lipinski definition) is 0. The van der Waals surface area contributed by atoms with Crippen molar-refractivity contribution in [1.29, 1.82) is 0 Å². The summed E-state index contributed by atoms with van der Waals surface area (Å²) in [6.07, 6.45) is 2.56. The van der Waals surface area contributed by atoms with Crippen molar-refractivity contribution >= 4 is 11.6 Å². The summed E-state index contributed by atoms with van der Waals surface area (Å²) in [4.78, 5) is 4.53. The highest BCUT2D eigenvalue weighted by Crippen LogP contribution is 2.17. The van der Waals surface area contributed by atoms with Crippen LogP contribution in [0.3, 0.4) is 0 Å². The minimum atomic E-state index is 0.560. The van der Waals surface area contributed by atoms with Crippen LogP contribution in [-0.4, -0.2) is 17.7 Å². The second-order valence-electron chi connectivity index (χ2n) is 4.40. The molecule has 0 amide bonds. The number of ether oxygens (including phenoxy) is 1. The first-order valence-corrected chi connectivity index (χ1v) is 6.40. The zero-order valence-electron chi connectivity index (χ0n) is 11.5. The summed E-state index contributed by atoms with van der Waals surface area (Å²) in [6.45, 7) is 6.58. The minimum absolute atomic E-state index is 0.560. The fourth-order valence-electron chi connectivity index (χ4n) is 1.61. The predicted molar refractivity (Wildman–Crippen MR) is 74.9 cm³/mol. The van der Waals surface area contributed by atoms with Gasteiger partial charge in [0.1, 0.15) is 5.76 Å². The van der Waals surface area contributed by atoms with Crippen molar-refractivity contribution in [3.63, 3.8) is 0 Å². The lowest BCUT2D eigenvalue weighted by Crippen LogP contribution is -2.07. The standard InChI is InChI=1S/C15H18N2O2/c1-4-9-18-15(14-10-16-19-12(14)3)17-13-7-5-11(2)6-8-13/h5-8,10H,4,9H2,1-3H3. The van der Waals surface area contributed by atoms with E-state index in [1.54, 1.807) is 6.20 Å². The Kier molecular flexibility index (Phi) is 4.34. The molecule has 4 nitrogen and oxygen atoms in total. The van der Waals surface area contributed by atoms with Crippen molar-refractivity contribution < 1.29 is 9.26 Å². The maximum atomic E-state index is 5.70. The van der Waals surface area contributed by atoms with E-state index in [4.69, 9.17) is 9.26 Å². The molecule has 0 spiro atoms. The molecular weight excluding hydrogens is 240 g/mol. The Morgan fingerprint density at radius 1 is 1.26 bits per heavy atom. The smallest absolute Gasteiger partial charge is 0.226 e. The highest BCUT2D eigenvalue weighted by Gasteiger charge is 2.12. The summed E-state index contributed by atoms with van der Waals surface area (Å²) in [5.74, 6) is 1.27. The first-order valence-electron chi connectivity index (χ1n) is 6.40. The molecule has 0 atom stereocenters. The van der Waals surface area contributed by atoms with Crippen LogP contribution in [0.4, 0.5) is 5.69 Å². The maximum Gasteiger partial charge on any atom is 0.226 e. The summed E-state index contributed by atoms with van der Waals surface area (Å²) in [6, 6.07) is 7.98. The van der Waals surface area contributed by atoms with E-state index < -0.39 is 0 Å². The molecular formula is C15H18N2O2. The number of rotatable bonds is 4. The quantitative estimate of drug-likeness (QED) is 0.619. The molecule has 0 bridgehead atoms. The van der Waals surface area contributed by atoms with Crippen LogP contribution in [0.2, 0.25) is 0 Å². The summed E-state index contributed by atoms with van der Waals surface area (Å²) in [5.41, 5.74) is 2.86. The van der Waals surface area contributed by atoms with E-state index in [1.165, 1.54) is 5.56 Å².